The molecule has 0 spiro atoms. The Bertz CT molecular complexity index is 1060. The fourth-order valence-corrected chi connectivity index (χ4v) is 3.75. The van der Waals surface area contributed by atoms with E-state index in [9.17, 15) is 9.90 Å². The number of ether oxygens (including phenoxy) is 1. The third-order valence-electron chi connectivity index (χ3n) is 5.45. The normalized spacial score (nSPS) is 11.6. The van der Waals surface area contributed by atoms with E-state index in [1.165, 1.54) is 0 Å². The lowest BCUT2D eigenvalue weighted by Crippen LogP contribution is -2.24. The van der Waals surface area contributed by atoms with Gasteiger partial charge in [-0.05, 0) is 56.9 Å². The lowest BCUT2D eigenvalue weighted by atomic mass is 9.98. The van der Waals surface area contributed by atoms with Gasteiger partial charge in [0.05, 0.1) is 17.9 Å². The lowest BCUT2D eigenvalue weighted by Gasteiger charge is -2.20. The van der Waals surface area contributed by atoms with Crippen molar-refractivity contribution in [3.05, 3.63) is 76.9 Å². The highest BCUT2D eigenvalue weighted by molar-refractivity contribution is 5.97. The average Bonchev–Trinajstić information content (AvgIpc) is 3.06. The lowest BCUT2D eigenvalue weighted by molar-refractivity contribution is 0.00704. The molecule has 5 nitrogen and oxygen atoms in total. The van der Waals surface area contributed by atoms with Gasteiger partial charge >= 0.3 is 5.97 Å². The van der Waals surface area contributed by atoms with Crippen LogP contribution in [0.1, 0.15) is 73.7 Å². The van der Waals surface area contributed by atoms with Crippen molar-refractivity contribution in [3.63, 3.8) is 0 Å². The number of hydrogen-bond donors (Lipinski definition) is 1. The van der Waals surface area contributed by atoms with Gasteiger partial charge in [-0.1, -0.05) is 55.8 Å². The van der Waals surface area contributed by atoms with E-state index < -0.39 is 5.60 Å². The number of aliphatic hydroxyl groups excluding tert-OH is 1. The summed E-state index contributed by atoms with van der Waals surface area (Å²) < 4.78 is 7.79. The van der Waals surface area contributed by atoms with Gasteiger partial charge in [0.2, 0.25) is 0 Å². The van der Waals surface area contributed by atoms with Crippen LogP contribution in [-0.4, -0.2) is 26.2 Å². The van der Waals surface area contributed by atoms with Gasteiger partial charge in [-0.2, -0.15) is 0 Å². The van der Waals surface area contributed by atoms with E-state index in [1.807, 2.05) is 64.1 Å². The number of carbonyl (C=O) groups excluding carboxylic acids is 1. The molecule has 0 bridgehead atoms. The molecule has 0 aliphatic rings. The minimum absolute atomic E-state index is 0.0433. The van der Waals surface area contributed by atoms with Crippen molar-refractivity contribution in [1.29, 1.82) is 0 Å². The first-order chi connectivity index (χ1) is 15.2. The Morgan fingerprint density at radius 2 is 1.78 bits per heavy atom. The second-order valence-electron chi connectivity index (χ2n) is 9.15. The zero-order valence-corrected chi connectivity index (χ0v) is 19.8. The Morgan fingerprint density at radius 1 is 1.09 bits per heavy atom. The van der Waals surface area contributed by atoms with Crippen LogP contribution in [0.25, 0.3) is 11.1 Å². The molecule has 0 saturated heterocycles. The molecule has 0 amide bonds. The Labute approximate surface area is 191 Å². The van der Waals surface area contributed by atoms with Crippen molar-refractivity contribution >= 4 is 5.97 Å². The first-order valence-corrected chi connectivity index (χ1v) is 11.3. The zero-order chi connectivity index (χ0) is 23.3. The third-order valence-corrected chi connectivity index (χ3v) is 5.45. The SMILES string of the molecule is CCCCc1nc(CO)c(C)n1Cc1ccc(-c2ccccc2C(=O)OC(C)(C)C)cc1. The van der Waals surface area contributed by atoms with E-state index in [4.69, 9.17) is 4.74 Å². The summed E-state index contributed by atoms with van der Waals surface area (Å²) in [4.78, 5) is 17.4. The number of benzene rings is 2. The van der Waals surface area contributed by atoms with E-state index in [1.54, 1.807) is 0 Å². The summed E-state index contributed by atoms with van der Waals surface area (Å²) in [5.41, 5.74) is 4.76. The molecular weight excluding hydrogens is 400 g/mol. The highest BCUT2D eigenvalue weighted by Crippen LogP contribution is 2.26. The van der Waals surface area contributed by atoms with Crippen LogP contribution in [0.3, 0.4) is 0 Å². The molecule has 0 saturated carbocycles. The molecule has 5 heteroatoms. The molecule has 1 aromatic heterocycles. The Kier molecular flexibility index (Phi) is 7.52. The van der Waals surface area contributed by atoms with E-state index in [-0.39, 0.29) is 12.6 Å². The number of carbonyl (C=O) groups is 1. The van der Waals surface area contributed by atoms with Crippen LogP contribution in [0, 0.1) is 6.92 Å². The highest BCUT2D eigenvalue weighted by Gasteiger charge is 2.20. The predicted octanol–water partition coefficient (Wildman–Crippen LogP) is 5.70. The summed E-state index contributed by atoms with van der Waals surface area (Å²) in [6.07, 6.45) is 3.08. The summed E-state index contributed by atoms with van der Waals surface area (Å²) >= 11 is 0. The Morgan fingerprint density at radius 3 is 2.41 bits per heavy atom. The number of esters is 1. The molecule has 1 heterocycles. The molecule has 0 atom stereocenters. The second kappa shape index (κ2) is 10.1. The van der Waals surface area contributed by atoms with Gasteiger partial charge in [-0.15, -0.1) is 0 Å². The van der Waals surface area contributed by atoms with Crippen molar-refractivity contribution in [2.45, 2.75) is 72.6 Å². The number of aliphatic hydroxyl groups is 1. The monoisotopic (exact) mass is 434 g/mol. The standard InChI is InChI=1S/C27H34N2O3/c1-6-7-12-25-28-24(18-30)19(2)29(25)17-20-13-15-21(16-14-20)22-10-8-9-11-23(22)26(31)32-27(3,4)5/h8-11,13-16,30H,6-7,12,17-18H2,1-5H3. The number of hydrogen-bond acceptors (Lipinski definition) is 4. The van der Waals surface area contributed by atoms with E-state index in [0.29, 0.717) is 12.1 Å². The Hall–Kier alpha value is -2.92. The summed E-state index contributed by atoms with van der Waals surface area (Å²) in [5, 5.41) is 9.64. The summed E-state index contributed by atoms with van der Waals surface area (Å²) in [6, 6.07) is 15.8. The molecule has 2 aromatic carbocycles. The van der Waals surface area contributed by atoms with Crippen molar-refractivity contribution in [3.8, 4) is 11.1 Å². The van der Waals surface area contributed by atoms with Gasteiger partial charge in [0, 0.05) is 18.7 Å². The molecule has 0 fully saturated rings. The molecule has 170 valence electrons. The number of nitrogens with zero attached hydrogens (tertiary/aromatic N) is 2. The van der Waals surface area contributed by atoms with Crippen LogP contribution >= 0.6 is 0 Å². The molecule has 0 aliphatic carbocycles. The largest absolute Gasteiger partial charge is 0.456 e. The van der Waals surface area contributed by atoms with Crippen molar-refractivity contribution in [2.24, 2.45) is 0 Å². The van der Waals surface area contributed by atoms with Crippen molar-refractivity contribution in [1.82, 2.24) is 9.55 Å². The maximum absolute atomic E-state index is 12.7. The average molecular weight is 435 g/mol. The fourth-order valence-electron chi connectivity index (χ4n) is 3.75. The van der Waals surface area contributed by atoms with Crippen LogP contribution in [0.5, 0.6) is 0 Å². The van der Waals surface area contributed by atoms with Crippen LogP contribution in [0.15, 0.2) is 48.5 Å². The quantitative estimate of drug-likeness (QED) is 0.462. The van der Waals surface area contributed by atoms with Gasteiger partial charge < -0.3 is 14.4 Å². The van der Waals surface area contributed by atoms with Gasteiger partial charge in [0.25, 0.3) is 0 Å². The summed E-state index contributed by atoms with van der Waals surface area (Å²) in [6.45, 7) is 10.5. The van der Waals surface area contributed by atoms with E-state index >= 15 is 0 Å². The molecule has 3 rings (SSSR count). The number of unbranched alkanes of at least 4 members (excludes halogenated alkanes) is 1. The number of imidazole rings is 1. The summed E-state index contributed by atoms with van der Waals surface area (Å²) in [7, 11) is 0. The number of rotatable bonds is 8. The van der Waals surface area contributed by atoms with Gasteiger partial charge in [-0.25, -0.2) is 9.78 Å². The highest BCUT2D eigenvalue weighted by atomic mass is 16.6. The minimum Gasteiger partial charge on any atom is -0.456 e. The molecule has 1 N–H and O–H groups in total. The van der Waals surface area contributed by atoms with Crippen molar-refractivity contribution < 1.29 is 14.6 Å². The van der Waals surface area contributed by atoms with Crippen LogP contribution in [-0.2, 0) is 24.3 Å². The topological polar surface area (TPSA) is 64.4 Å². The van der Waals surface area contributed by atoms with Gasteiger partial charge in [0.1, 0.15) is 11.4 Å². The second-order valence-corrected chi connectivity index (χ2v) is 9.15. The smallest absolute Gasteiger partial charge is 0.339 e. The van der Waals surface area contributed by atoms with Crippen molar-refractivity contribution in [2.75, 3.05) is 0 Å². The Balaban J connectivity index is 1.86. The first kappa shape index (κ1) is 23.7. The summed E-state index contributed by atoms with van der Waals surface area (Å²) in [5.74, 6) is 0.705. The number of aryl methyl sites for hydroxylation is 1. The van der Waals surface area contributed by atoms with Gasteiger partial charge in [-0.3, -0.25) is 0 Å². The molecule has 0 radical (unpaired) electrons. The van der Waals surface area contributed by atoms with Crippen LogP contribution < -0.4 is 0 Å². The molecule has 0 unspecified atom stereocenters. The first-order valence-electron chi connectivity index (χ1n) is 11.3. The minimum atomic E-state index is -0.542. The zero-order valence-electron chi connectivity index (χ0n) is 19.8. The fraction of sp³-hybridized carbons (Fsp3) is 0.407. The van der Waals surface area contributed by atoms with Crippen LogP contribution in [0.4, 0.5) is 0 Å². The van der Waals surface area contributed by atoms with E-state index in [2.05, 4.69) is 28.6 Å². The maximum Gasteiger partial charge on any atom is 0.339 e. The third kappa shape index (κ3) is 5.65. The van der Waals surface area contributed by atoms with Crippen LogP contribution in [0.2, 0.25) is 0 Å². The van der Waals surface area contributed by atoms with Gasteiger partial charge in [0.15, 0.2) is 0 Å². The molecule has 0 aliphatic heterocycles. The number of aromatic nitrogens is 2. The predicted molar refractivity (Wildman–Crippen MR) is 128 cm³/mol. The van der Waals surface area contributed by atoms with E-state index in [0.717, 1.165) is 53.2 Å². The maximum atomic E-state index is 12.7. The molecular formula is C27H34N2O3. The molecule has 3 aromatic rings. The molecule has 32 heavy (non-hydrogen) atoms.